The molecule has 0 amide bonds. The van der Waals surface area contributed by atoms with Crippen LogP contribution < -0.4 is 5.30 Å². The maximum atomic E-state index is 9.75. The van der Waals surface area contributed by atoms with Gasteiger partial charge in [-0.3, -0.25) is 0 Å². The van der Waals surface area contributed by atoms with Crippen molar-refractivity contribution in [3.63, 3.8) is 0 Å². The first-order valence-corrected chi connectivity index (χ1v) is 6.74. The molecule has 0 unspecified atom stereocenters. The molecule has 1 N–H and O–H groups in total. The number of rotatable bonds is 1. The van der Waals surface area contributed by atoms with Crippen LogP contribution in [0.25, 0.3) is 0 Å². The van der Waals surface area contributed by atoms with Crippen molar-refractivity contribution in [1.29, 1.82) is 0 Å². The quantitative estimate of drug-likeness (QED) is 0.634. The summed E-state index contributed by atoms with van der Waals surface area (Å²) in [6.45, 7) is 5.91. The molecule has 2 heteroatoms. The van der Waals surface area contributed by atoms with E-state index < -0.39 is 7.49 Å². The monoisotopic (exact) mass is 170 g/mol. The topological polar surface area (TPSA) is 20.2 Å². The Kier molecular flexibility index (Phi) is 2.31. The predicted octanol–water partition coefficient (Wildman–Crippen LogP) is 1.54. The summed E-state index contributed by atoms with van der Waals surface area (Å²) < 4.78 is 0. The molecule has 0 fully saturated rings. The van der Waals surface area contributed by atoms with Gasteiger partial charge in [-0.05, 0) is 0 Å². The summed E-state index contributed by atoms with van der Waals surface area (Å²) in [6, 6.07) is 8.10. The zero-order valence-electron chi connectivity index (χ0n) is 7.26. The Morgan fingerprint density at radius 1 is 1.27 bits per heavy atom. The molecule has 11 heavy (non-hydrogen) atoms. The number of benzene rings is 1. The molecule has 1 nitrogen and oxygen atoms in total. The second kappa shape index (κ2) is 2.92. The normalized spacial score (nSPS) is 13.1. The third-order valence-corrected chi connectivity index (χ3v) is 3.45. The van der Waals surface area contributed by atoms with Crippen LogP contribution in [0.15, 0.2) is 24.3 Å². The second-order valence-corrected chi connectivity index (χ2v) is 7.12. The number of aryl methyl sites for hydroxylation is 1. The van der Waals surface area contributed by atoms with Gasteiger partial charge >= 0.3 is 67.8 Å². The molecular weight excluding hydrogens is 155 g/mol. The van der Waals surface area contributed by atoms with E-state index in [1.165, 1.54) is 5.56 Å². The van der Waals surface area contributed by atoms with Gasteiger partial charge in [-0.25, -0.2) is 0 Å². The van der Waals surface area contributed by atoms with Gasteiger partial charge in [-0.15, -0.1) is 0 Å². The van der Waals surface area contributed by atoms with Crippen LogP contribution in [0.2, 0.25) is 0 Å². The molecule has 0 aliphatic carbocycles. The summed E-state index contributed by atoms with van der Waals surface area (Å²) in [4.78, 5) is 9.75. The summed E-state index contributed by atoms with van der Waals surface area (Å²) >= 11 is 0. The third kappa shape index (κ3) is 2.28. The van der Waals surface area contributed by atoms with Crippen LogP contribution in [0, 0.1) is 6.92 Å². The predicted molar refractivity (Wildman–Crippen MR) is 53.2 cm³/mol. The average Bonchev–Trinajstić information content (AvgIpc) is 1.86. The Balaban J connectivity index is 3.06. The molecule has 0 aromatic heterocycles. The molecule has 0 bridgehead atoms. The first kappa shape index (κ1) is 8.70. The molecule has 0 aliphatic heterocycles. The van der Waals surface area contributed by atoms with Crippen LogP contribution in [-0.2, 0) is 0 Å². The van der Waals surface area contributed by atoms with Crippen molar-refractivity contribution < 1.29 is 4.89 Å². The Hall–Kier alpha value is -0.390. The van der Waals surface area contributed by atoms with Crippen LogP contribution in [0.5, 0.6) is 0 Å². The van der Waals surface area contributed by atoms with E-state index in [4.69, 9.17) is 0 Å². The summed E-state index contributed by atoms with van der Waals surface area (Å²) in [6.07, 6.45) is 0. The summed E-state index contributed by atoms with van der Waals surface area (Å²) in [5.41, 5.74) is 1.22. The molecule has 0 radical (unpaired) electrons. The molecule has 0 spiro atoms. The van der Waals surface area contributed by atoms with Gasteiger partial charge in [0.2, 0.25) is 0 Å². The summed E-state index contributed by atoms with van der Waals surface area (Å²) in [7, 11) is -2.06. The van der Waals surface area contributed by atoms with Crippen molar-refractivity contribution in [2.45, 2.75) is 6.92 Å². The van der Waals surface area contributed by atoms with E-state index in [1.54, 1.807) is 0 Å². The van der Waals surface area contributed by atoms with Crippen LogP contribution in [0.1, 0.15) is 5.56 Å². The van der Waals surface area contributed by atoms with E-state index in [9.17, 15) is 4.89 Å². The van der Waals surface area contributed by atoms with Crippen molar-refractivity contribution in [2.75, 3.05) is 13.3 Å². The van der Waals surface area contributed by atoms with Gasteiger partial charge in [-0.2, -0.15) is 0 Å². The van der Waals surface area contributed by atoms with Crippen molar-refractivity contribution >= 4 is 12.8 Å². The molecular formula is C9H15OP. The summed E-state index contributed by atoms with van der Waals surface area (Å²) in [5.74, 6) is 0. The zero-order chi connectivity index (χ0) is 8.48. The molecule has 0 heterocycles. The van der Waals surface area contributed by atoms with Crippen LogP contribution >= 0.6 is 7.49 Å². The van der Waals surface area contributed by atoms with E-state index in [1.807, 2.05) is 38.5 Å². The molecule has 62 valence electrons. The molecule has 0 saturated heterocycles. The average molecular weight is 170 g/mol. The van der Waals surface area contributed by atoms with Crippen molar-refractivity contribution in [2.24, 2.45) is 0 Å². The molecule has 0 saturated carbocycles. The first-order chi connectivity index (χ1) is 5.00. The van der Waals surface area contributed by atoms with Gasteiger partial charge in [0.1, 0.15) is 0 Å². The van der Waals surface area contributed by atoms with Crippen molar-refractivity contribution in [3.8, 4) is 0 Å². The minimum atomic E-state index is -2.06. The molecule has 1 aromatic carbocycles. The third-order valence-electron chi connectivity index (χ3n) is 1.72. The van der Waals surface area contributed by atoms with Crippen molar-refractivity contribution in [1.82, 2.24) is 0 Å². The van der Waals surface area contributed by atoms with E-state index >= 15 is 0 Å². The molecule has 0 atom stereocenters. The van der Waals surface area contributed by atoms with E-state index in [0.29, 0.717) is 0 Å². The first-order valence-electron chi connectivity index (χ1n) is 3.79. The van der Waals surface area contributed by atoms with Gasteiger partial charge in [0.25, 0.3) is 0 Å². The Morgan fingerprint density at radius 2 is 1.91 bits per heavy atom. The van der Waals surface area contributed by atoms with E-state index in [2.05, 4.69) is 6.07 Å². The van der Waals surface area contributed by atoms with Crippen LogP contribution in [0.4, 0.5) is 0 Å². The number of hydrogen-bond donors (Lipinski definition) is 1. The molecule has 1 rings (SSSR count). The Morgan fingerprint density at radius 3 is 2.27 bits per heavy atom. The SMILES string of the molecule is Cc1cccc([PH](C)(C)O)c1. The van der Waals surface area contributed by atoms with Crippen LogP contribution in [-0.4, -0.2) is 18.2 Å². The fourth-order valence-electron chi connectivity index (χ4n) is 1.03. The second-order valence-electron chi connectivity index (χ2n) is 3.43. The fourth-order valence-corrected chi connectivity index (χ4v) is 2.11. The van der Waals surface area contributed by atoms with Crippen molar-refractivity contribution in [3.05, 3.63) is 29.8 Å². The standard InChI is InChI=1S/C9H15OP/c1-8-5-4-6-9(7-8)11(2,3)10/h4-7,10-11H,1-3H3. The molecule has 0 aliphatic rings. The van der Waals surface area contributed by atoms with Gasteiger partial charge in [0, 0.05) is 0 Å². The minimum absolute atomic E-state index is 1.11. The van der Waals surface area contributed by atoms with Gasteiger partial charge in [0.05, 0.1) is 0 Å². The fraction of sp³-hybridized carbons (Fsp3) is 0.333. The molecule has 1 aromatic rings. The summed E-state index contributed by atoms with van der Waals surface area (Å²) in [5, 5.41) is 1.11. The van der Waals surface area contributed by atoms with E-state index in [0.717, 1.165) is 5.30 Å². The van der Waals surface area contributed by atoms with Gasteiger partial charge in [-0.1, -0.05) is 0 Å². The van der Waals surface area contributed by atoms with Gasteiger partial charge in [0.15, 0.2) is 0 Å². The Bertz CT molecular complexity index is 250. The number of hydrogen-bond acceptors (Lipinski definition) is 1. The van der Waals surface area contributed by atoms with Crippen LogP contribution in [0.3, 0.4) is 0 Å². The zero-order valence-corrected chi connectivity index (χ0v) is 8.26. The van der Waals surface area contributed by atoms with Gasteiger partial charge < -0.3 is 0 Å². The Labute approximate surface area is 68.5 Å². The maximum absolute atomic E-state index is 9.75. The van der Waals surface area contributed by atoms with E-state index in [-0.39, 0.29) is 0 Å².